The van der Waals surface area contributed by atoms with E-state index in [0.717, 1.165) is 31.6 Å². The molecular weight excluding hydrogens is 286 g/mol. The Bertz CT molecular complexity index is 677. The molecule has 124 valence electrons. The van der Waals surface area contributed by atoms with E-state index in [1.54, 1.807) is 0 Å². The topological polar surface area (TPSA) is 41.3 Å². The Hall–Kier alpha value is -1.65. The highest BCUT2D eigenvalue weighted by Crippen LogP contribution is 2.33. The van der Waals surface area contributed by atoms with Crippen molar-refractivity contribution in [1.29, 1.82) is 0 Å². The fraction of sp³-hybridized carbons (Fsp3) is 0.526. The summed E-state index contributed by atoms with van der Waals surface area (Å²) in [6.07, 6.45) is 2.25. The molecule has 0 aliphatic carbocycles. The van der Waals surface area contributed by atoms with E-state index >= 15 is 0 Å². The number of nitrogens with zero attached hydrogens (tertiary/aromatic N) is 3. The van der Waals surface area contributed by atoms with Crippen molar-refractivity contribution in [2.75, 3.05) is 13.2 Å². The molecule has 0 radical (unpaired) electrons. The third-order valence-electron chi connectivity index (χ3n) is 5.11. The summed E-state index contributed by atoms with van der Waals surface area (Å²) >= 11 is 0. The Morgan fingerprint density at radius 1 is 1.26 bits per heavy atom. The van der Waals surface area contributed by atoms with Crippen molar-refractivity contribution in [2.24, 2.45) is 0 Å². The van der Waals surface area contributed by atoms with Gasteiger partial charge in [0.25, 0.3) is 0 Å². The first-order chi connectivity index (χ1) is 11.2. The number of aliphatic hydroxyl groups excluding tert-OH is 1. The van der Waals surface area contributed by atoms with Crippen LogP contribution >= 0.6 is 0 Å². The SMILES string of the molecule is CCC1c2ccccc2CCN1Cc1c(C)nn(CCO)c1C. The first-order valence-electron chi connectivity index (χ1n) is 8.61. The van der Waals surface area contributed by atoms with Crippen LogP contribution in [0.4, 0.5) is 0 Å². The van der Waals surface area contributed by atoms with E-state index in [0.29, 0.717) is 12.6 Å². The van der Waals surface area contributed by atoms with Crippen molar-refractivity contribution in [3.63, 3.8) is 0 Å². The molecule has 0 fully saturated rings. The number of fused-ring (bicyclic) bond motifs is 1. The molecular formula is C19H27N3O. The molecule has 0 bridgehead atoms. The van der Waals surface area contributed by atoms with Crippen molar-refractivity contribution in [3.05, 3.63) is 52.3 Å². The molecule has 2 heterocycles. The Morgan fingerprint density at radius 3 is 2.78 bits per heavy atom. The monoisotopic (exact) mass is 313 g/mol. The van der Waals surface area contributed by atoms with Crippen molar-refractivity contribution in [3.8, 4) is 0 Å². The third kappa shape index (κ3) is 3.06. The van der Waals surface area contributed by atoms with E-state index in [4.69, 9.17) is 0 Å². The summed E-state index contributed by atoms with van der Waals surface area (Å²) < 4.78 is 1.93. The van der Waals surface area contributed by atoms with Gasteiger partial charge in [0.2, 0.25) is 0 Å². The molecule has 2 aromatic rings. The van der Waals surface area contributed by atoms with Gasteiger partial charge in [-0.2, -0.15) is 5.10 Å². The minimum absolute atomic E-state index is 0.135. The second-order valence-corrected chi connectivity index (χ2v) is 6.44. The fourth-order valence-electron chi connectivity index (χ4n) is 3.85. The standard InChI is InChI=1S/C19H27N3O/c1-4-19-17-8-6-5-7-16(17)9-10-21(19)13-18-14(2)20-22(11-12-23)15(18)3/h5-8,19,23H,4,9-13H2,1-3H3. The van der Waals surface area contributed by atoms with Crippen LogP contribution in [0.5, 0.6) is 0 Å². The number of aliphatic hydroxyl groups is 1. The van der Waals surface area contributed by atoms with Crippen LogP contribution in [0, 0.1) is 13.8 Å². The van der Waals surface area contributed by atoms with E-state index in [1.165, 1.54) is 22.4 Å². The number of hydrogen-bond acceptors (Lipinski definition) is 3. The zero-order valence-corrected chi connectivity index (χ0v) is 14.4. The normalized spacial score (nSPS) is 18.2. The Kier molecular flexibility index (Phi) is 4.83. The van der Waals surface area contributed by atoms with Crippen LogP contribution < -0.4 is 0 Å². The Morgan fingerprint density at radius 2 is 2.04 bits per heavy atom. The predicted octanol–water partition coefficient (Wildman–Crippen LogP) is 3.00. The molecule has 1 unspecified atom stereocenters. The molecule has 1 atom stereocenters. The second-order valence-electron chi connectivity index (χ2n) is 6.44. The molecule has 0 saturated heterocycles. The van der Waals surface area contributed by atoms with Gasteiger partial charge in [-0.05, 0) is 37.8 Å². The minimum Gasteiger partial charge on any atom is -0.394 e. The van der Waals surface area contributed by atoms with Crippen LogP contribution in [0.1, 0.15) is 47.5 Å². The molecule has 4 heteroatoms. The first kappa shape index (κ1) is 16.2. The molecule has 1 aliphatic rings. The van der Waals surface area contributed by atoms with Gasteiger partial charge in [0, 0.05) is 30.4 Å². The Labute approximate surface area is 138 Å². The first-order valence-corrected chi connectivity index (χ1v) is 8.61. The van der Waals surface area contributed by atoms with Gasteiger partial charge in [0.15, 0.2) is 0 Å². The molecule has 0 spiro atoms. The summed E-state index contributed by atoms with van der Waals surface area (Å²) in [6.45, 7) is 9.21. The van der Waals surface area contributed by atoms with Crippen LogP contribution in [-0.2, 0) is 19.5 Å². The lowest BCUT2D eigenvalue weighted by Gasteiger charge is -2.37. The van der Waals surface area contributed by atoms with Crippen molar-refractivity contribution in [2.45, 2.75) is 52.7 Å². The van der Waals surface area contributed by atoms with E-state index in [1.807, 2.05) is 4.68 Å². The number of aromatic nitrogens is 2. The summed E-state index contributed by atoms with van der Waals surface area (Å²) in [5.41, 5.74) is 6.57. The maximum atomic E-state index is 9.18. The molecule has 1 N–H and O–H groups in total. The zero-order chi connectivity index (χ0) is 16.4. The average molecular weight is 313 g/mol. The van der Waals surface area contributed by atoms with Gasteiger partial charge < -0.3 is 5.11 Å². The average Bonchev–Trinajstić information content (AvgIpc) is 2.82. The quantitative estimate of drug-likeness (QED) is 0.922. The maximum absolute atomic E-state index is 9.18. The highest BCUT2D eigenvalue weighted by atomic mass is 16.3. The lowest BCUT2D eigenvalue weighted by atomic mass is 9.90. The molecule has 1 aliphatic heterocycles. The van der Waals surface area contributed by atoms with E-state index in [-0.39, 0.29) is 6.61 Å². The summed E-state index contributed by atoms with van der Waals surface area (Å²) in [7, 11) is 0. The fourth-order valence-corrected chi connectivity index (χ4v) is 3.85. The summed E-state index contributed by atoms with van der Waals surface area (Å²) in [4.78, 5) is 2.59. The van der Waals surface area contributed by atoms with Crippen LogP contribution in [0.2, 0.25) is 0 Å². The lowest BCUT2D eigenvalue weighted by Crippen LogP contribution is -2.35. The van der Waals surface area contributed by atoms with Gasteiger partial charge in [-0.3, -0.25) is 9.58 Å². The predicted molar refractivity (Wildman–Crippen MR) is 92.4 cm³/mol. The Balaban J connectivity index is 1.86. The molecule has 23 heavy (non-hydrogen) atoms. The molecule has 1 aromatic carbocycles. The van der Waals surface area contributed by atoms with E-state index in [2.05, 4.69) is 55.0 Å². The molecule has 3 rings (SSSR count). The van der Waals surface area contributed by atoms with Crippen LogP contribution in [0.3, 0.4) is 0 Å². The smallest absolute Gasteiger partial charge is 0.0644 e. The molecule has 1 aromatic heterocycles. The molecule has 4 nitrogen and oxygen atoms in total. The molecule has 0 amide bonds. The van der Waals surface area contributed by atoms with Crippen LogP contribution in [0.25, 0.3) is 0 Å². The number of rotatable bonds is 5. The zero-order valence-electron chi connectivity index (χ0n) is 14.4. The van der Waals surface area contributed by atoms with Gasteiger partial charge >= 0.3 is 0 Å². The van der Waals surface area contributed by atoms with Crippen LogP contribution in [-0.4, -0.2) is 32.9 Å². The van der Waals surface area contributed by atoms with Gasteiger partial charge in [-0.25, -0.2) is 0 Å². The summed E-state index contributed by atoms with van der Waals surface area (Å²) in [5.74, 6) is 0. The molecule has 0 saturated carbocycles. The number of hydrogen-bond donors (Lipinski definition) is 1. The second kappa shape index (κ2) is 6.85. The van der Waals surface area contributed by atoms with Gasteiger partial charge in [-0.15, -0.1) is 0 Å². The van der Waals surface area contributed by atoms with E-state index in [9.17, 15) is 5.11 Å². The van der Waals surface area contributed by atoms with Gasteiger partial charge in [-0.1, -0.05) is 31.2 Å². The third-order valence-corrected chi connectivity index (χ3v) is 5.11. The minimum atomic E-state index is 0.135. The van der Waals surface area contributed by atoms with Crippen LogP contribution in [0.15, 0.2) is 24.3 Å². The van der Waals surface area contributed by atoms with Gasteiger partial charge in [0.1, 0.15) is 0 Å². The van der Waals surface area contributed by atoms with E-state index < -0.39 is 0 Å². The summed E-state index contributed by atoms with van der Waals surface area (Å²) in [6, 6.07) is 9.34. The maximum Gasteiger partial charge on any atom is 0.0644 e. The lowest BCUT2D eigenvalue weighted by molar-refractivity contribution is 0.170. The highest BCUT2D eigenvalue weighted by molar-refractivity contribution is 5.33. The van der Waals surface area contributed by atoms with Crippen molar-refractivity contribution in [1.82, 2.24) is 14.7 Å². The van der Waals surface area contributed by atoms with Crippen molar-refractivity contribution >= 4 is 0 Å². The highest BCUT2D eigenvalue weighted by Gasteiger charge is 2.27. The summed E-state index contributed by atoms with van der Waals surface area (Å²) in [5, 5.41) is 13.8. The van der Waals surface area contributed by atoms with Crippen molar-refractivity contribution < 1.29 is 5.11 Å². The van der Waals surface area contributed by atoms with Gasteiger partial charge in [0.05, 0.1) is 18.8 Å². The largest absolute Gasteiger partial charge is 0.394 e. The number of aryl methyl sites for hydroxylation is 1. The number of benzene rings is 1.